The lowest BCUT2D eigenvalue weighted by atomic mass is 9.96. The predicted octanol–water partition coefficient (Wildman–Crippen LogP) is 5.36. The van der Waals surface area contributed by atoms with Gasteiger partial charge in [0.2, 0.25) is 0 Å². The van der Waals surface area contributed by atoms with E-state index in [1.807, 2.05) is 65.7 Å². The summed E-state index contributed by atoms with van der Waals surface area (Å²) in [7, 11) is 0. The lowest BCUT2D eigenvalue weighted by Gasteiger charge is -2.31. The number of hydrogen-bond donors (Lipinski definition) is 1. The number of aromatic nitrogens is 2. The number of aryl methyl sites for hydroxylation is 2. The molecular formula is C28H28N4O3S. The summed E-state index contributed by atoms with van der Waals surface area (Å²) in [5.41, 5.74) is 4.66. The molecule has 0 aliphatic carbocycles. The Balaban J connectivity index is 1.20. The Labute approximate surface area is 214 Å². The molecule has 4 aromatic rings. The Hall–Kier alpha value is -3.78. The standard InChI is InChI=1S/C28H28N4O3S/c1-18-7-6-8-20(15-18)16-29-26(33)23-17-36-27(30-23)22-11-13-32(14-12-22)28(34)24-19(2)35-31-25(24)21-9-4-3-5-10-21/h3-10,15,17,22H,11-14,16H2,1-2H3,(H,29,33). The molecule has 0 radical (unpaired) electrons. The SMILES string of the molecule is Cc1cccc(CNC(=O)c2csc(C3CCN(C(=O)c4c(-c5ccccc5)noc4C)CC3)n2)c1. The van der Waals surface area contributed by atoms with E-state index in [4.69, 9.17) is 4.52 Å². The maximum absolute atomic E-state index is 13.4. The van der Waals surface area contributed by atoms with Gasteiger partial charge in [0.15, 0.2) is 0 Å². The quantitative estimate of drug-likeness (QED) is 0.385. The minimum Gasteiger partial charge on any atom is -0.360 e. The summed E-state index contributed by atoms with van der Waals surface area (Å²) in [4.78, 5) is 32.5. The normalized spacial score (nSPS) is 14.1. The molecule has 2 aromatic carbocycles. The molecule has 1 fully saturated rings. The molecule has 0 unspecified atom stereocenters. The van der Waals surface area contributed by atoms with Crippen LogP contribution in [0.25, 0.3) is 11.3 Å². The van der Waals surface area contributed by atoms with Gasteiger partial charge in [-0.3, -0.25) is 9.59 Å². The maximum Gasteiger partial charge on any atom is 0.271 e. The van der Waals surface area contributed by atoms with Crippen molar-refractivity contribution in [2.45, 2.75) is 39.2 Å². The van der Waals surface area contributed by atoms with Gasteiger partial charge in [0.25, 0.3) is 11.8 Å². The monoisotopic (exact) mass is 500 g/mol. The van der Waals surface area contributed by atoms with Gasteiger partial charge in [0, 0.05) is 36.5 Å². The fourth-order valence-electron chi connectivity index (χ4n) is 4.58. The minimum absolute atomic E-state index is 0.0543. The molecule has 0 bridgehead atoms. The highest BCUT2D eigenvalue weighted by molar-refractivity contribution is 7.09. The van der Waals surface area contributed by atoms with E-state index in [1.165, 1.54) is 11.3 Å². The summed E-state index contributed by atoms with van der Waals surface area (Å²) in [6.45, 7) is 5.53. The van der Waals surface area contributed by atoms with Crippen molar-refractivity contribution < 1.29 is 14.1 Å². The summed E-state index contributed by atoms with van der Waals surface area (Å²) in [5.74, 6) is 0.543. The van der Waals surface area contributed by atoms with Crippen LogP contribution in [0.4, 0.5) is 0 Å². The van der Waals surface area contributed by atoms with Crippen LogP contribution < -0.4 is 5.32 Å². The smallest absolute Gasteiger partial charge is 0.271 e. The molecule has 3 heterocycles. The third-order valence-electron chi connectivity index (χ3n) is 6.55. The Morgan fingerprint density at radius 1 is 1.08 bits per heavy atom. The molecule has 1 saturated heterocycles. The third-order valence-corrected chi connectivity index (χ3v) is 7.55. The summed E-state index contributed by atoms with van der Waals surface area (Å²) < 4.78 is 5.39. The molecule has 2 aromatic heterocycles. The number of nitrogens with zero attached hydrogens (tertiary/aromatic N) is 3. The van der Waals surface area contributed by atoms with Crippen LogP contribution in [-0.2, 0) is 6.54 Å². The zero-order valence-corrected chi connectivity index (χ0v) is 21.2. The van der Waals surface area contributed by atoms with Crippen LogP contribution in [-0.4, -0.2) is 39.9 Å². The lowest BCUT2D eigenvalue weighted by molar-refractivity contribution is 0.0711. The van der Waals surface area contributed by atoms with Gasteiger partial charge in [-0.15, -0.1) is 11.3 Å². The second kappa shape index (κ2) is 10.5. The highest BCUT2D eigenvalue weighted by Gasteiger charge is 2.30. The van der Waals surface area contributed by atoms with Crippen LogP contribution in [0, 0.1) is 13.8 Å². The van der Waals surface area contributed by atoms with Crippen LogP contribution in [0.1, 0.15) is 61.5 Å². The van der Waals surface area contributed by atoms with Gasteiger partial charge in [-0.05, 0) is 32.3 Å². The number of likely N-dealkylation sites (tertiary alicyclic amines) is 1. The molecule has 8 heteroatoms. The Morgan fingerprint density at radius 2 is 1.86 bits per heavy atom. The van der Waals surface area contributed by atoms with Crippen molar-refractivity contribution in [1.82, 2.24) is 20.4 Å². The summed E-state index contributed by atoms with van der Waals surface area (Å²) in [6.07, 6.45) is 1.60. The molecule has 1 aliphatic rings. The fourth-order valence-corrected chi connectivity index (χ4v) is 5.55. The molecule has 0 spiro atoms. The van der Waals surface area contributed by atoms with E-state index in [1.54, 1.807) is 6.92 Å². The predicted molar refractivity (Wildman–Crippen MR) is 139 cm³/mol. The van der Waals surface area contributed by atoms with E-state index in [0.717, 1.165) is 34.5 Å². The summed E-state index contributed by atoms with van der Waals surface area (Å²) in [5, 5.41) is 9.89. The first-order valence-electron chi connectivity index (χ1n) is 12.1. The van der Waals surface area contributed by atoms with Crippen molar-refractivity contribution in [3.8, 4) is 11.3 Å². The van der Waals surface area contributed by atoms with Crippen molar-refractivity contribution in [2.24, 2.45) is 0 Å². The van der Waals surface area contributed by atoms with Crippen molar-refractivity contribution in [3.05, 3.63) is 93.1 Å². The van der Waals surface area contributed by atoms with Crippen LogP contribution in [0.15, 0.2) is 64.5 Å². The molecule has 5 rings (SSSR count). The van der Waals surface area contributed by atoms with E-state index >= 15 is 0 Å². The average molecular weight is 501 g/mol. The molecule has 0 saturated carbocycles. The third kappa shape index (κ3) is 5.09. The van der Waals surface area contributed by atoms with E-state index in [0.29, 0.717) is 42.3 Å². The molecule has 2 amide bonds. The Bertz CT molecular complexity index is 1370. The van der Waals surface area contributed by atoms with E-state index in [9.17, 15) is 9.59 Å². The van der Waals surface area contributed by atoms with Crippen LogP contribution in [0.2, 0.25) is 0 Å². The van der Waals surface area contributed by atoms with Gasteiger partial charge in [0.1, 0.15) is 22.7 Å². The number of carbonyl (C=O) groups excluding carboxylic acids is 2. The average Bonchev–Trinajstić information content (AvgIpc) is 3.55. The zero-order valence-electron chi connectivity index (χ0n) is 20.4. The van der Waals surface area contributed by atoms with Gasteiger partial charge in [-0.25, -0.2) is 4.98 Å². The number of thiazole rings is 1. The maximum atomic E-state index is 13.4. The Morgan fingerprint density at radius 3 is 2.61 bits per heavy atom. The number of nitrogens with one attached hydrogen (secondary N) is 1. The van der Waals surface area contributed by atoms with Crippen molar-refractivity contribution >= 4 is 23.2 Å². The van der Waals surface area contributed by atoms with Gasteiger partial charge < -0.3 is 14.7 Å². The van der Waals surface area contributed by atoms with Crippen LogP contribution in [0.3, 0.4) is 0 Å². The molecule has 1 aliphatic heterocycles. The largest absolute Gasteiger partial charge is 0.360 e. The number of benzene rings is 2. The summed E-state index contributed by atoms with van der Waals surface area (Å²) >= 11 is 1.52. The second-order valence-corrected chi connectivity index (χ2v) is 10.0. The number of hydrogen-bond acceptors (Lipinski definition) is 6. The molecule has 184 valence electrons. The highest BCUT2D eigenvalue weighted by Crippen LogP contribution is 2.32. The lowest BCUT2D eigenvalue weighted by Crippen LogP contribution is -2.38. The zero-order chi connectivity index (χ0) is 25.1. The van der Waals surface area contributed by atoms with Crippen molar-refractivity contribution in [2.75, 3.05) is 13.1 Å². The number of carbonyl (C=O) groups is 2. The summed E-state index contributed by atoms with van der Waals surface area (Å²) in [6, 6.07) is 17.7. The molecule has 7 nitrogen and oxygen atoms in total. The first-order chi connectivity index (χ1) is 17.5. The number of piperidine rings is 1. The van der Waals surface area contributed by atoms with Gasteiger partial charge in [0.05, 0.1) is 5.01 Å². The first kappa shape index (κ1) is 23.9. The fraction of sp³-hybridized carbons (Fsp3) is 0.286. The molecular weight excluding hydrogens is 472 g/mol. The van der Waals surface area contributed by atoms with Gasteiger partial charge in [-0.2, -0.15) is 0 Å². The Kier molecular flexibility index (Phi) is 6.95. The van der Waals surface area contributed by atoms with E-state index < -0.39 is 0 Å². The molecule has 36 heavy (non-hydrogen) atoms. The number of rotatable bonds is 6. The van der Waals surface area contributed by atoms with E-state index in [2.05, 4.69) is 21.5 Å². The van der Waals surface area contributed by atoms with Gasteiger partial charge >= 0.3 is 0 Å². The second-order valence-electron chi connectivity index (χ2n) is 9.14. The van der Waals surface area contributed by atoms with Crippen molar-refractivity contribution in [3.63, 3.8) is 0 Å². The van der Waals surface area contributed by atoms with Crippen molar-refractivity contribution in [1.29, 1.82) is 0 Å². The van der Waals surface area contributed by atoms with E-state index in [-0.39, 0.29) is 17.7 Å². The number of amides is 2. The van der Waals surface area contributed by atoms with Crippen LogP contribution >= 0.6 is 11.3 Å². The van der Waals surface area contributed by atoms with Gasteiger partial charge in [-0.1, -0.05) is 65.3 Å². The molecule has 0 atom stereocenters. The van der Waals surface area contributed by atoms with Crippen LogP contribution in [0.5, 0.6) is 0 Å². The first-order valence-corrected chi connectivity index (χ1v) is 13.0. The topological polar surface area (TPSA) is 88.3 Å². The molecule has 1 N–H and O–H groups in total. The highest BCUT2D eigenvalue weighted by atomic mass is 32.1. The minimum atomic E-state index is -0.164.